The lowest BCUT2D eigenvalue weighted by Gasteiger charge is -2.10. The Morgan fingerprint density at radius 2 is 1.73 bits per heavy atom. The molecule has 0 bridgehead atoms. The van der Waals surface area contributed by atoms with Crippen LogP contribution in [0.15, 0.2) is 43.0 Å². The molecule has 0 heterocycles. The van der Waals surface area contributed by atoms with Gasteiger partial charge in [-0.2, -0.15) is 0 Å². The Kier molecular flexibility index (Phi) is 14.6. The van der Waals surface area contributed by atoms with Gasteiger partial charge in [-0.3, -0.25) is 9.69 Å². The smallest absolute Gasteiger partial charge is 0.165 e. The summed E-state index contributed by atoms with van der Waals surface area (Å²) in [4.78, 5) is 14.4. The van der Waals surface area contributed by atoms with E-state index in [1.807, 2.05) is 25.3 Å². The third kappa shape index (κ3) is 11.9. The van der Waals surface area contributed by atoms with Crippen LogP contribution in [0.4, 0.5) is 4.39 Å². The Balaban J connectivity index is 2.26. The van der Waals surface area contributed by atoms with Crippen molar-refractivity contribution in [2.45, 2.75) is 57.8 Å². The maximum Gasteiger partial charge on any atom is 0.165 e. The summed E-state index contributed by atoms with van der Waals surface area (Å²) in [6.45, 7) is 6.35. The highest BCUT2D eigenvalue weighted by molar-refractivity contribution is 5.96. The Bertz CT molecular complexity index is 646. The van der Waals surface area contributed by atoms with Crippen molar-refractivity contribution in [3.05, 3.63) is 54.4 Å². The summed E-state index contributed by atoms with van der Waals surface area (Å²) in [5, 5.41) is 0. The average Bonchev–Trinajstić information content (AvgIpc) is 2.73. The first kappa shape index (κ1) is 26.1. The van der Waals surface area contributed by atoms with Crippen molar-refractivity contribution in [1.82, 2.24) is 4.90 Å². The van der Waals surface area contributed by atoms with Gasteiger partial charge in [-0.05, 0) is 44.6 Å². The zero-order valence-electron chi connectivity index (χ0n) is 18.6. The molecule has 1 aromatic rings. The second-order valence-corrected chi connectivity index (χ2v) is 7.73. The molecule has 4 nitrogen and oxygen atoms in total. The van der Waals surface area contributed by atoms with Gasteiger partial charge in [-0.15, -0.1) is 6.58 Å². The fraction of sp³-hybridized carbons (Fsp3) is 0.560. The van der Waals surface area contributed by atoms with Crippen molar-refractivity contribution >= 4 is 5.78 Å². The maximum atomic E-state index is 14.2. The standard InChI is InChI=1S/C25H39FN2O2/c1-3-18-28(2)19-12-13-20-30-25-16-15-22(21-23(25)26)24(29)14-10-8-6-4-5-7-9-11-17-27/h3,12-13,15-16,21H,1,4-11,14,17-20,27H2,2H3/b13-12+. The fourth-order valence-corrected chi connectivity index (χ4v) is 3.18. The van der Waals surface area contributed by atoms with Crippen LogP contribution < -0.4 is 10.5 Å². The number of nitrogens with zero attached hydrogens (tertiary/aromatic N) is 1. The van der Waals surface area contributed by atoms with Crippen LogP contribution in [0.2, 0.25) is 0 Å². The number of benzene rings is 1. The van der Waals surface area contributed by atoms with Crippen LogP contribution in [0.1, 0.15) is 68.1 Å². The van der Waals surface area contributed by atoms with Gasteiger partial charge in [0.1, 0.15) is 6.61 Å². The minimum Gasteiger partial charge on any atom is -0.486 e. The molecule has 1 aromatic carbocycles. The Morgan fingerprint density at radius 1 is 1.07 bits per heavy atom. The summed E-state index contributed by atoms with van der Waals surface area (Å²) in [5.74, 6) is -0.325. The molecule has 0 radical (unpaired) electrons. The summed E-state index contributed by atoms with van der Waals surface area (Å²) < 4.78 is 19.7. The van der Waals surface area contributed by atoms with Crippen LogP contribution in [0.5, 0.6) is 5.75 Å². The molecule has 0 atom stereocenters. The van der Waals surface area contributed by atoms with Crippen molar-refractivity contribution < 1.29 is 13.9 Å². The Labute approximate surface area is 182 Å². The van der Waals surface area contributed by atoms with Crippen molar-refractivity contribution in [3.8, 4) is 5.75 Å². The van der Waals surface area contributed by atoms with Gasteiger partial charge in [0.25, 0.3) is 0 Å². The van der Waals surface area contributed by atoms with E-state index in [-0.39, 0.29) is 11.5 Å². The summed E-state index contributed by atoms with van der Waals surface area (Å²) >= 11 is 0. The Hall–Kier alpha value is -1.98. The summed E-state index contributed by atoms with van der Waals surface area (Å²) in [5.41, 5.74) is 5.90. The number of hydrogen-bond acceptors (Lipinski definition) is 4. The lowest BCUT2D eigenvalue weighted by atomic mass is 10.0. The number of nitrogens with two attached hydrogens (primary N) is 1. The quantitative estimate of drug-likeness (QED) is 0.193. The first-order valence-corrected chi connectivity index (χ1v) is 11.2. The normalized spacial score (nSPS) is 11.3. The molecule has 30 heavy (non-hydrogen) atoms. The van der Waals surface area contributed by atoms with Gasteiger partial charge in [0.15, 0.2) is 17.3 Å². The van der Waals surface area contributed by atoms with Crippen molar-refractivity contribution in [2.24, 2.45) is 5.73 Å². The molecule has 0 saturated carbocycles. The number of carbonyl (C=O) groups excluding carboxylic acids is 1. The van der Waals surface area contributed by atoms with Gasteiger partial charge in [0, 0.05) is 25.1 Å². The third-order valence-electron chi connectivity index (χ3n) is 4.97. The van der Waals surface area contributed by atoms with Crippen LogP contribution in [0.25, 0.3) is 0 Å². The molecular weight excluding hydrogens is 379 g/mol. The number of rotatable bonds is 18. The fourth-order valence-electron chi connectivity index (χ4n) is 3.18. The number of hydrogen-bond donors (Lipinski definition) is 1. The number of unbranched alkanes of at least 4 members (excludes halogenated alkanes) is 7. The highest BCUT2D eigenvalue weighted by Crippen LogP contribution is 2.20. The van der Waals surface area contributed by atoms with Crippen LogP contribution in [-0.2, 0) is 0 Å². The molecule has 0 spiro atoms. The van der Waals surface area contributed by atoms with Crippen molar-refractivity contribution in [3.63, 3.8) is 0 Å². The first-order valence-electron chi connectivity index (χ1n) is 11.2. The predicted molar refractivity (Wildman–Crippen MR) is 124 cm³/mol. The van der Waals surface area contributed by atoms with Crippen LogP contribution in [0, 0.1) is 5.82 Å². The van der Waals surface area contributed by atoms with E-state index in [1.165, 1.54) is 31.7 Å². The van der Waals surface area contributed by atoms with E-state index >= 15 is 0 Å². The molecule has 1 rings (SSSR count). The highest BCUT2D eigenvalue weighted by atomic mass is 19.1. The number of carbonyl (C=O) groups is 1. The molecule has 5 heteroatoms. The van der Waals surface area contributed by atoms with Gasteiger partial charge in [0.2, 0.25) is 0 Å². The largest absolute Gasteiger partial charge is 0.486 e. The van der Waals surface area contributed by atoms with E-state index in [0.717, 1.165) is 45.3 Å². The molecule has 0 unspecified atom stereocenters. The number of likely N-dealkylation sites (N-methyl/N-ethyl adjacent to an activating group) is 1. The number of ketones is 1. The summed E-state index contributed by atoms with van der Waals surface area (Å²) in [6, 6.07) is 4.48. The Morgan fingerprint density at radius 3 is 2.37 bits per heavy atom. The summed E-state index contributed by atoms with van der Waals surface area (Å²) in [7, 11) is 1.99. The maximum absolute atomic E-state index is 14.2. The van der Waals surface area contributed by atoms with Crippen molar-refractivity contribution in [1.29, 1.82) is 0 Å². The number of halogens is 1. The van der Waals surface area contributed by atoms with E-state index in [0.29, 0.717) is 18.6 Å². The monoisotopic (exact) mass is 418 g/mol. The highest BCUT2D eigenvalue weighted by Gasteiger charge is 2.10. The first-order chi connectivity index (χ1) is 14.6. The minimum atomic E-state index is -0.490. The second kappa shape index (κ2) is 16.8. The lowest BCUT2D eigenvalue weighted by molar-refractivity contribution is 0.0978. The van der Waals surface area contributed by atoms with Gasteiger partial charge in [-0.1, -0.05) is 56.8 Å². The topological polar surface area (TPSA) is 55.6 Å². The minimum absolute atomic E-state index is 0.00597. The average molecular weight is 419 g/mol. The SMILES string of the molecule is C=CCN(C)C/C=C/COc1ccc(C(=O)CCCCCCCCCCN)cc1F. The zero-order chi connectivity index (χ0) is 22.0. The van der Waals surface area contributed by atoms with Gasteiger partial charge >= 0.3 is 0 Å². The van der Waals surface area contributed by atoms with Crippen molar-refractivity contribution in [2.75, 3.05) is 33.3 Å². The van der Waals surface area contributed by atoms with E-state index in [4.69, 9.17) is 10.5 Å². The molecule has 0 saturated heterocycles. The van der Waals surface area contributed by atoms with Gasteiger partial charge < -0.3 is 10.5 Å². The molecule has 0 amide bonds. The molecule has 0 aliphatic carbocycles. The predicted octanol–water partition coefficient (Wildman–Crippen LogP) is 5.53. The van der Waals surface area contributed by atoms with Crippen LogP contribution in [-0.4, -0.2) is 44.0 Å². The van der Waals surface area contributed by atoms with Crippen LogP contribution in [0.3, 0.4) is 0 Å². The van der Waals surface area contributed by atoms with Crippen LogP contribution >= 0.6 is 0 Å². The molecular formula is C25H39FN2O2. The number of Topliss-reactive ketones (excluding diaryl/α,β-unsaturated/α-hetero) is 1. The molecule has 2 N–H and O–H groups in total. The molecule has 0 aliphatic heterocycles. The second-order valence-electron chi connectivity index (χ2n) is 7.73. The van der Waals surface area contributed by atoms with E-state index in [1.54, 1.807) is 12.1 Å². The zero-order valence-corrected chi connectivity index (χ0v) is 18.6. The van der Waals surface area contributed by atoms with E-state index < -0.39 is 5.82 Å². The molecule has 0 aliphatic rings. The van der Waals surface area contributed by atoms with E-state index in [9.17, 15) is 9.18 Å². The molecule has 0 aromatic heterocycles. The van der Waals surface area contributed by atoms with E-state index in [2.05, 4.69) is 11.5 Å². The van der Waals surface area contributed by atoms with Gasteiger partial charge in [0.05, 0.1) is 0 Å². The molecule has 168 valence electrons. The van der Waals surface area contributed by atoms with Gasteiger partial charge in [-0.25, -0.2) is 4.39 Å². The summed E-state index contributed by atoms with van der Waals surface area (Å²) in [6.07, 6.45) is 15.2. The molecule has 0 fully saturated rings. The third-order valence-corrected chi connectivity index (χ3v) is 4.97. The lowest BCUT2D eigenvalue weighted by Crippen LogP contribution is -2.17. The number of ether oxygens (including phenoxy) is 1.